The zero-order chi connectivity index (χ0) is 21.8. The Morgan fingerprint density at radius 1 is 1.03 bits per heavy atom. The van der Waals surface area contributed by atoms with Crippen molar-refractivity contribution in [3.05, 3.63) is 47.2 Å². The summed E-state index contributed by atoms with van der Waals surface area (Å²) in [7, 11) is 0. The maximum absolute atomic E-state index is 12.7. The number of piperidine rings is 2. The molecule has 2 fully saturated rings. The van der Waals surface area contributed by atoms with E-state index in [2.05, 4.69) is 60.1 Å². The first-order valence-electron chi connectivity index (χ1n) is 11.9. The molecule has 0 N–H and O–H groups in total. The van der Waals surface area contributed by atoms with Crippen LogP contribution in [-0.4, -0.2) is 45.5 Å². The van der Waals surface area contributed by atoms with Gasteiger partial charge in [-0.05, 0) is 63.6 Å². The minimum atomic E-state index is -0.0529. The van der Waals surface area contributed by atoms with E-state index < -0.39 is 0 Å². The largest absolute Gasteiger partial charge is 0.423 e. The quantitative estimate of drug-likeness (QED) is 0.663. The molecule has 6 nitrogen and oxygen atoms in total. The SMILES string of the molecule is Cc1ccc(CN2CCC(c3nnc(C4CCCCN4C(=O)CC(C)C)o3)CC2)cc1. The van der Waals surface area contributed by atoms with Crippen molar-refractivity contribution < 1.29 is 9.21 Å². The van der Waals surface area contributed by atoms with Crippen LogP contribution in [0, 0.1) is 12.8 Å². The van der Waals surface area contributed by atoms with Gasteiger partial charge in [0, 0.05) is 25.4 Å². The lowest BCUT2D eigenvalue weighted by atomic mass is 9.96. The Labute approximate surface area is 186 Å². The molecule has 168 valence electrons. The van der Waals surface area contributed by atoms with Gasteiger partial charge in [-0.25, -0.2) is 0 Å². The van der Waals surface area contributed by atoms with Crippen molar-refractivity contribution >= 4 is 5.91 Å². The molecule has 1 unspecified atom stereocenters. The van der Waals surface area contributed by atoms with Crippen LogP contribution in [0.1, 0.15) is 87.2 Å². The number of benzene rings is 1. The first-order valence-corrected chi connectivity index (χ1v) is 11.9. The van der Waals surface area contributed by atoms with E-state index in [4.69, 9.17) is 4.42 Å². The van der Waals surface area contributed by atoms with Crippen molar-refractivity contribution in [3.8, 4) is 0 Å². The predicted molar refractivity (Wildman–Crippen MR) is 120 cm³/mol. The maximum Gasteiger partial charge on any atom is 0.238 e. The summed E-state index contributed by atoms with van der Waals surface area (Å²) in [4.78, 5) is 17.2. The van der Waals surface area contributed by atoms with Crippen molar-refractivity contribution in [3.63, 3.8) is 0 Å². The average Bonchev–Trinajstić information content (AvgIpc) is 3.25. The van der Waals surface area contributed by atoms with E-state index in [-0.39, 0.29) is 11.9 Å². The van der Waals surface area contributed by atoms with Crippen molar-refractivity contribution in [2.45, 2.75) is 77.8 Å². The monoisotopic (exact) mass is 424 g/mol. The maximum atomic E-state index is 12.7. The molecular weight excluding hydrogens is 388 g/mol. The molecule has 2 aliphatic rings. The van der Waals surface area contributed by atoms with E-state index in [0.29, 0.717) is 24.1 Å². The Morgan fingerprint density at radius 2 is 1.74 bits per heavy atom. The molecular formula is C25H36N4O2. The second-order valence-corrected chi connectivity index (χ2v) is 9.71. The number of likely N-dealkylation sites (tertiary alicyclic amines) is 2. The zero-order valence-electron chi connectivity index (χ0n) is 19.2. The van der Waals surface area contributed by atoms with Gasteiger partial charge in [0.2, 0.25) is 17.7 Å². The molecule has 1 aromatic carbocycles. The molecule has 2 aromatic rings. The second-order valence-electron chi connectivity index (χ2n) is 9.71. The smallest absolute Gasteiger partial charge is 0.238 e. The molecule has 31 heavy (non-hydrogen) atoms. The van der Waals surface area contributed by atoms with Gasteiger partial charge >= 0.3 is 0 Å². The van der Waals surface area contributed by atoms with Gasteiger partial charge in [0.25, 0.3) is 0 Å². The van der Waals surface area contributed by atoms with Crippen LogP contribution in [0.5, 0.6) is 0 Å². The topological polar surface area (TPSA) is 62.5 Å². The second kappa shape index (κ2) is 9.94. The van der Waals surface area contributed by atoms with Gasteiger partial charge in [-0.2, -0.15) is 0 Å². The Bertz CT molecular complexity index is 853. The first-order chi connectivity index (χ1) is 15.0. The summed E-state index contributed by atoms with van der Waals surface area (Å²) in [5.41, 5.74) is 2.67. The molecule has 4 rings (SSSR count). The Kier molecular flexibility index (Phi) is 7.06. The molecule has 0 spiro atoms. The van der Waals surface area contributed by atoms with Gasteiger partial charge in [0.15, 0.2) is 0 Å². The molecule has 1 aromatic heterocycles. The number of hydrogen-bond donors (Lipinski definition) is 0. The van der Waals surface area contributed by atoms with Crippen LogP contribution in [0.25, 0.3) is 0 Å². The van der Waals surface area contributed by atoms with Gasteiger partial charge in [-0.15, -0.1) is 10.2 Å². The molecule has 2 aliphatic heterocycles. The van der Waals surface area contributed by atoms with Gasteiger partial charge in [0.05, 0.1) is 0 Å². The van der Waals surface area contributed by atoms with E-state index >= 15 is 0 Å². The third-order valence-electron chi connectivity index (χ3n) is 6.61. The summed E-state index contributed by atoms with van der Waals surface area (Å²) >= 11 is 0. The average molecular weight is 425 g/mol. The molecule has 3 heterocycles. The molecule has 6 heteroatoms. The number of rotatable bonds is 6. The van der Waals surface area contributed by atoms with E-state index in [0.717, 1.165) is 64.2 Å². The Morgan fingerprint density at radius 3 is 2.45 bits per heavy atom. The van der Waals surface area contributed by atoms with Crippen molar-refractivity contribution in [1.29, 1.82) is 0 Å². The van der Waals surface area contributed by atoms with E-state index in [1.165, 1.54) is 11.1 Å². The summed E-state index contributed by atoms with van der Waals surface area (Å²) < 4.78 is 6.18. The molecule has 1 atom stereocenters. The van der Waals surface area contributed by atoms with Gasteiger partial charge in [-0.3, -0.25) is 9.69 Å². The van der Waals surface area contributed by atoms with E-state index in [9.17, 15) is 4.79 Å². The first kappa shape index (κ1) is 22.0. The third kappa shape index (κ3) is 5.53. The summed E-state index contributed by atoms with van der Waals surface area (Å²) in [5.74, 6) is 2.28. The van der Waals surface area contributed by atoms with E-state index in [1.54, 1.807) is 0 Å². The fraction of sp³-hybridized carbons (Fsp3) is 0.640. The summed E-state index contributed by atoms with van der Waals surface area (Å²) in [6, 6.07) is 8.76. The third-order valence-corrected chi connectivity index (χ3v) is 6.61. The van der Waals surface area contributed by atoms with E-state index in [1.807, 2.05) is 4.90 Å². The highest BCUT2D eigenvalue weighted by atomic mass is 16.4. The Hall–Kier alpha value is -2.21. The number of carbonyl (C=O) groups excluding carboxylic acids is 1. The van der Waals surface area contributed by atoms with Crippen LogP contribution in [0.4, 0.5) is 0 Å². The fourth-order valence-corrected chi connectivity index (χ4v) is 4.79. The minimum Gasteiger partial charge on any atom is -0.423 e. The number of carbonyl (C=O) groups is 1. The van der Waals surface area contributed by atoms with Crippen LogP contribution in [-0.2, 0) is 11.3 Å². The number of hydrogen-bond acceptors (Lipinski definition) is 5. The van der Waals surface area contributed by atoms with Crippen LogP contribution >= 0.6 is 0 Å². The van der Waals surface area contributed by atoms with Crippen molar-refractivity contribution in [2.75, 3.05) is 19.6 Å². The lowest BCUT2D eigenvalue weighted by Crippen LogP contribution is -2.39. The van der Waals surface area contributed by atoms with Gasteiger partial charge in [-0.1, -0.05) is 43.7 Å². The highest BCUT2D eigenvalue weighted by molar-refractivity contribution is 5.76. The molecule has 0 bridgehead atoms. The normalized spacial score (nSPS) is 21.0. The van der Waals surface area contributed by atoms with Gasteiger partial charge in [0.1, 0.15) is 6.04 Å². The highest BCUT2D eigenvalue weighted by Crippen LogP contribution is 2.34. The number of aromatic nitrogens is 2. The number of aryl methyl sites for hydroxylation is 1. The lowest BCUT2D eigenvalue weighted by molar-refractivity contribution is -0.136. The summed E-state index contributed by atoms with van der Waals surface area (Å²) in [5, 5.41) is 8.81. The van der Waals surface area contributed by atoms with Crippen LogP contribution in [0.3, 0.4) is 0 Å². The number of nitrogens with zero attached hydrogens (tertiary/aromatic N) is 4. The highest BCUT2D eigenvalue weighted by Gasteiger charge is 2.33. The minimum absolute atomic E-state index is 0.0529. The number of amides is 1. The molecule has 0 radical (unpaired) electrons. The molecule has 2 saturated heterocycles. The van der Waals surface area contributed by atoms with Crippen LogP contribution in [0.15, 0.2) is 28.7 Å². The summed E-state index contributed by atoms with van der Waals surface area (Å²) in [6.07, 6.45) is 5.73. The fourth-order valence-electron chi connectivity index (χ4n) is 4.79. The van der Waals surface area contributed by atoms with Crippen molar-refractivity contribution in [1.82, 2.24) is 20.0 Å². The van der Waals surface area contributed by atoms with Crippen LogP contribution in [0.2, 0.25) is 0 Å². The lowest BCUT2D eigenvalue weighted by Gasteiger charge is -2.34. The Balaban J connectivity index is 1.35. The standard InChI is InChI=1S/C25H36N4O2/c1-18(2)16-23(30)29-13-5-4-6-22(29)25-27-26-24(31-25)21-11-14-28(15-12-21)17-20-9-7-19(3)8-10-20/h7-10,18,21-22H,4-6,11-17H2,1-3H3. The molecule has 0 saturated carbocycles. The predicted octanol–water partition coefficient (Wildman–Crippen LogP) is 4.86. The zero-order valence-corrected chi connectivity index (χ0v) is 19.2. The summed E-state index contributed by atoms with van der Waals surface area (Å²) in [6.45, 7) is 10.2. The molecule has 1 amide bonds. The van der Waals surface area contributed by atoms with Crippen molar-refractivity contribution in [2.24, 2.45) is 5.92 Å². The van der Waals surface area contributed by atoms with Gasteiger partial charge < -0.3 is 9.32 Å². The molecule has 0 aliphatic carbocycles. The van der Waals surface area contributed by atoms with Crippen LogP contribution < -0.4 is 0 Å².